The third kappa shape index (κ3) is 6.63. The standard InChI is InChI=1S/C26H29F7N2O2/c1-17(19-14-20(25(28,29)30)16-21(15-19)26(31,32)33)37-24(8-12-35-10-2-3-11-35)23(34-9-13-36-24)18-4-6-22(27)7-5-18/h4-7,14-17,23,34H,2-3,8-13H2,1H3/t17-,23?,24?/m1/s1. The van der Waals surface area contributed by atoms with Gasteiger partial charge in [-0.05, 0) is 74.3 Å². The highest BCUT2D eigenvalue weighted by Gasteiger charge is 2.46. The van der Waals surface area contributed by atoms with Crippen molar-refractivity contribution < 1.29 is 40.2 Å². The number of nitrogens with one attached hydrogen (secondary N) is 1. The topological polar surface area (TPSA) is 33.7 Å². The first kappa shape index (κ1) is 27.8. The lowest BCUT2D eigenvalue weighted by Crippen LogP contribution is -2.55. The molecule has 0 aromatic heterocycles. The van der Waals surface area contributed by atoms with Crippen molar-refractivity contribution in [2.24, 2.45) is 0 Å². The van der Waals surface area contributed by atoms with E-state index in [1.54, 1.807) is 12.1 Å². The van der Waals surface area contributed by atoms with Gasteiger partial charge in [-0.1, -0.05) is 12.1 Å². The second kappa shape index (κ2) is 10.9. The van der Waals surface area contributed by atoms with Gasteiger partial charge in [-0.15, -0.1) is 0 Å². The fourth-order valence-corrected chi connectivity index (χ4v) is 4.97. The van der Waals surface area contributed by atoms with Crippen molar-refractivity contribution in [3.05, 3.63) is 70.5 Å². The summed E-state index contributed by atoms with van der Waals surface area (Å²) in [4.78, 5) is 2.21. The Morgan fingerprint density at radius 3 is 2.16 bits per heavy atom. The molecule has 0 aliphatic carbocycles. The summed E-state index contributed by atoms with van der Waals surface area (Å²) in [5.74, 6) is -1.86. The summed E-state index contributed by atoms with van der Waals surface area (Å²) in [6, 6.07) is 6.51. The van der Waals surface area contributed by atoms with E-state index in [0.29, 0.717) is 37.2 Å². The number of hydrogen-bond donors (Lipinski definition) is 1. The van der Waals surface area contributed by atoms with Gasteiger partial charge in [0.25, 0.3) is 0 Å². The molecule has 11 heteroatoms. The smallest absolute Gasteiger partial charge is 0.347 e. The van der Waals surface area contributed by atoms with E-state index in [-0.39, 0.29) is 18.2 Å². The van der Waals surface area contributed by atoms with Gasteiger partial charge in [-0.3, -0.25) is 0 Å². The summed E-state index contributed by atoms with van der Waals surface area (Å²) in [6.45, 7) is 4.38. The minimum atomic E-state index is -4.97. The van der Waals surface area contributed by atoms with Crippen LogP contribution in [0.2, 0.25) is 0 Å². The Kier molecular flexibility index (Phi) is 8.18. The second-order valence-corrected chi connectivity index (χ2v) is 9.50. The molecule has 3 atom stereocenters. The number of nitrogens with zero attached hydrogens (tertiary/aromatic N) is 1. The Morgan fingerprint density at radius 1 is 1.00 bits per heavy atom. The van der Waals surface area contributed by atoms with Gasteiger partial charge in [0, 0.05) is 19.5 Å². The van der Waals surface area contributed by atoms with Crippen LogP contribution < -0.4 is 5.32 Å². The summed E-state index contributed by atoms with van der Waals surface area (Å²) in [7, 11) is 0. The number of alkyl halides is 6. The summed E-state index contributed by atoms with van der Waals surface area (Å²) in [5.41, 5.74) is -2.45. The first-order valence-electron chi connectivity index (χ1n) is 12.2. The van der Waals surface area contributed by atoms with E-state index in [4.69, 9.17) is 9.47 Å². The number of likely N-dealkylation sites (tertiary alicyclic amines) is 1. The van der Waals surface area contributed by atoms with Crippen molar-refractivity contribution in [2.75, 3.05) is 32.8 Å². The van der Waals surface area contributed by atoms with E-state index >= 15 is 0 Å². The second-order valence-electron chi connectivity index (χ2n) is 9.50. The molecule has 0 amide bonds. The Bertz CT molecular complexity index is 1020. The molecule has 0 spiro atoms. The average Bonchev–Trinajstić information content (AvgIpc) is 3.36. The number of benzene rings is 2. The molecule has 1 N–H and O–H groups in total. The average molecular weight is 535 g/mol. The molecule has 2 saturated heterocycles. The van der Waals surface area contributed by atoms with Crippen LogP contribution in [0.15, 0.2) is 42.5 Å². The van der Waals surface area contributed by atoms with Gasteiger partial charge in [-0.25, -0.2) is 4.39 Å². The van der Waals surface area contributed by atoms with E-state index in [9.17, 15) is 30.7 Å². The molecule has 204 valence electrons. The van der Waals surface area contributed by atoms with Crippen molar-refractivity contribution in [2.45, 2.75) is 56.5 Å². The molecule has 2 fully saturated rings. The van der Waals surface area contributed by atoms with Crippen LogP contribution in [-0.2, 0) is 21.8 Å². The van der Waals surface area contributed by atoms with Crippen LogP contribution in [0.4, 0.5) is 30.7 Å². The molecule has 2 aliphatic heterocycles. The maximum atomic E-state index is 13.6. The van der Waals surface area contributed by atoms with Gasteiger partial charge in [0.05, 0.1) is 29.9 Å². The minimum absolute atomic E-state index is 0.0966. The van der Waals surface area contributed by atoms with Gasteiger partial charge >= 0.3 is 12.4 Å². The van der Waals surface area contributed by atoms with Crippen LogP contribution >= 0.6 is 0 Å². The molecule has 4 nitrogen and oxygen atoms in total. The SMILES string of the molecule is C[C@@H](OC1(CCN2CCCC2)OCCNC1c1ccc(F)cc1)c1cc(C(F)(F)F)cc(C(F)(F)F)c1. The summed E-state index contributed by atoms with van der Waals surface area (Å²) in [6.07, 6.45) is -8.74. The fraction of sp³-hybridized carbons (Fsp3) is 0.538. The zero-order valence-corrected chi connectivity index (χ0v) is 20.3. The van der Waals surface area contributed by atoms with Crippen LogP contribution in [0.5, 0.6) is 0 Å². The Labute approximate surface area is 210 Å². The minimum Gasteiger partial charge on any atom is -0.347 e. The van der Waals surface area contributed by atoms with Crippen LogP contribution in [0, 0.1) is 5.82 Å². The third-order valence-corrected chi connectivity index (χ3v) is 6.87. The first-order chi connectivity index (χ1) is 17.4. The van der Waals surface area contributed by atoms with E-state index in [2.05, 4.69) is 10.2 Å². The van der Waals surface area contributed by atoms with E-state index in [1.165, 1.54) is 19.1 Å². The predicted molar refractivity (Wildman–Crippen MR) is 122 cm³/mol. The molecule has 0 bridgehead atoms. The molecule has 0 radical (unpaired) electrons. The fourth-order valence-electron chi connectivity index (χ4n) is 4.97. The first-order valence-corrected chi connectivity index (χ1v) is 12.2. The largest absolute Gasteiger partial charge is 0.416 e. The highest BCUT2D eigenvalue weighted by atomic mass is 19.4. The molecular formula is C26H29F7N2O2. The quantitative estimate of drug-likeness (QED) is 0.412. The number of ether oxygens (including phenoxy) is 2. The number of halogens is 7. The monoisotopic (exact) mass is 534 g/mol. The van der Waals surface area contributed by atoms with E-state index in [1.807, 2.05) is 0 Å². The summed E-state index contributed by atoms with van der Waals surface area (Å²) < 4.78 is 107. The zero-order chi connectivity index (χ0) is 26.8. The number of hydrogen-bond acceptors (Lipinski definition) is 4. The lowest BCUT2D eigenvalue weighted by Gasteiger charge is -2.46. The van der Waals surface area contributed by atoms with Crippen molar-refractivity contribution >= 4 is 0 Å². The molecule has 2 unspecified atom stereocenters. The van der Waals surface area contributed by atoms with E-state index in [0.717, 1.165) is 25.9 Å². The Hall–Kier alpha value is -2.21. The Balaban J connectivity index is 1.71. The molecular weight excluding hydrogens is 505 g/mol. The number of morpholine rings is 1. The third-order valence-electron chi connectivity index (χ3n) is 6.87. The van der Waals surface area contributed by atoms with Gasteiger partial charge < -0.3 is 19.7 Å². The normalized spacial score (nSPS) is 24.4. The molecule has 0 saturated carbocycles. The van der Waals surface area contributed by atoms with Crippen molar-refractivity contribution in [1.29, 1.82) is 0 Å². The summed E-state index contributed by atoms with van der Waals surface area (Å²) in [5, 5.41) is 3.30. The van der Waals surface area contributed by atoms with Gasteiger partial charge in [-0.2, -0.15) is 26.3 Å². The van der Waals surface area contributed by atoms with Gasteiger partial charge in [0.15, 0.2) is 5.79 Å². The molecule has 37 heavy (non-hydrogen) atoms. The number of rotatable bonds is 7. The summed E-state index contributed by atoms with van der Waals surface area (Å²) >= 11 is 0. The molecule has 2 aromatic carbocycles. The van der Waals surface area contributed by atoms with Crippen molar-refractivity contribution in [3.63, 3.8) is 0 Å². The lowest BCUT2D eigenvalue weighted by atomic mass is 9.92. The molecule has 2 aliphatic rings. The maximum Gasteiger partial charge on any atom is 0.416 e. The van der Waals surface area contributed by atoms with Gasteiger partial charge in [0.1, 0.15) is 5.82 Å². The predicted octanol–water partition coefficient (Wildman–Crippen LogP) is 6.48. The Morgan fingerprint density at radius 2 is 1.59 bits per heavy atom. The lowest BCUT2D eigenvalue weighted by molar-refractivity contribution is -0.293. The molecule has 2 aromatic rings. The highest BCUT2D eigenvalue weighted by Crippen LogP contribution is 2.43. The molecule has 4 rings (SSSR count). The van der Waals surface area contributed by atoms with Crippen molar-refractivity contribution in [1.82, 2.24) is 10.2 Å². The van der Waals surface area contributed by atoms with Crippen LogP contribution in [0.3, 0.4) is 0 Å². The van der Waals surface area contributed by atoms with Crippen molar-refractivity contribution in [3.8, 4) is 0 Å². The highest BCUT2D eigenvalue weighted by molar-refractivity contribution is 5.35. The zero-order valence-electron chi connectivity index (χ0n) is 20.3. The van der Waals surface area contributed by atoms with Crippen LogP contribution in [-0.4, -0.2) is 43.5 Å². The van der Waals surface area contributed by atoms with Crippen LogP contribution in [0.1, 0.15) is 60.6 Å². The maximum absolute atomic E-state index is 13.6. The molecule has 2 heterocycles. The van der Waals surface area contributed by atoms with Gasteiger partial charge in [0.2, 0.25) is 0 Å². The van der Waals surface area contributed by atoms with Crippen LogP contribution in [0.25, 0.3) is 0 Å². The van der Waals surface area contributed by atoms with E-state index < -0.39 is 47.2 Å².